The van der Waals surface area contributed by atoms with E-state index in [0.717, 1.165) is 39.5 Å². The van der Waals surface area contributed by atoms with Gasteiger partial charge in [0.05, 0.1) is 17.1 Å². The molecule has 144 valence electrons. The van der Waals surface area contributed by atoms with Gasteiger partial charge in [-0.15, -0.1) is 0 Å². The lowest BCUT2D eigenvalue weighted by molar-refractivity contribution is 1.30. The smallest absolute Gasteiger partial charge is 0.177 e. The molecule has 0 aromatic heterocycles. The van der Waals surface area contributed by atoms with Crippen LogP contribution in [-0.4, -0.2) is 11.5 Å². The van der Waals surface area contributed by atoms with E-state index < -0.39 is 0 Å². The van der Waals surface area contributed by atoms with E-state index in [1.807, 2.05) is 18.2 Å². The van der Waals surface area contributed by atoms with Crippen LogP contribution in [0.1, 0.15) is 27.8 Å². The average Bonchev–Trinajstić information content (AvgIpc) is 3.11. The molecule has 1 heterocycles. The molecule has 3 heteroatoms. The van der Waals surface area contributed by atoms with E-state index in [-0.39, 0.29) is 0 Å². The van der Waals surface area contributed by atoms with E-state index in [1.165, 1.54) is 11.1 Å². The summed E-state index contributed by atoms with van der Waals surface area (Å²) in [6.07, 6.45) is 2.09. The highest BCUT2D eigenvalue weighted by Crippen LogP contribution is 2.28. The van der Waals surface area contributed by atoms with Crippen molar-refractivity contribution < 1.29 is 0 Å². The summed E-state index contributed by atoms with van der Waals surface area (Å²) in [5, 5.41) is 3.60. The number of nitrogens with one attached hydrogen (secondary N) is 1. The van der Waals surface area contributed by atoms with Crippen molar-refractivity contribution in [2.75, 3.05) is 5.32 Å². The van der Waals surface area contributed by atoms with Gasteiger partial charge in [-0.05, 0) is 56.0 Å². The molecule has 4 rings (SSSR count). The molecule has 0 aliphatic carbocycles. The molecule has 0 spiro atoms. The topological polar surface area (TPSA) is 36.8 Å². The second-order valence-electron chi connectivity index (χ2n) is 7.49. The lowest BCUT2D eigenvalue weighted by Gasteiger charge is -2.14. The molecule has 0 radical (unpaired) electrons. The van der Waals surface area contributed by atoms with Crippen molar-refractivity contribution in [3.8, 4) is 0 Å². The Morgan fingerprint density at radius 1 is 0.690 bits per heavy atom. The number of aliphatic imine (C=N–C) groups is 2. The summed E-state index contributed by atoms with van der Waals surface area (Å²) in [6.45, 7) is 8.41. The number of benzene rings is 3. The summed E-state index contributed by atoms with van der Waals surface area (Å²) >= 11 is 0. The third-order valence-electron chi connectivity index (χ3n) is 5.22. The Balaban J connectivity index is 1.81. The molecule has 1 aliphatic rings. The van der Waals surface area contributed by atoms with Crippen LogP contribution in [0.4, 0.5) is 11.4 Å². The van der Waals surface area contributed by atoms with E-state index in [1.54, 1.807) is 0 Å². The molecule has 1 aliphatic heterocycles. The van der Waals surface area contributed by atoms with Gasteiger partial charge in [0.25, 0.3) is 0 Å². The molecule has 29 heavy (non-hydrogen) atoms. The molecule has 3 aromatic carbocycles. The highest BCUT2D eigenvalue weighted by molar-refractivity contribution is 6.25. The largest absolute Gasteiger partial charge is 0.352 e. The Hall–Kier alpha value is -3.46. The summed E-state index contributed by atoms with van der Waals surface area (Å²) in [6, 6.07) is 22.8. The molecule has 0 saturated heterocycles. The minimum Gasteiger partial charge on any atom is -0.352 e. The fourth-order valence-electron chi connectivity index (χ4n) is 3.58. The average molecular weight is 380 g/mol. The summed E-state index contributed by atoms with van der Waals surface area (Å²) < 4.78 is 0. The Morgan fingerprint density at radius 2 is 1.28 bits per heavy atom. The summed E-state index contributed by atoms with van der Waals surface area (Å²) in [4.78, 5) is 9.85. The van der Waals surface area contributed by atoms with Crippen LogP contribution in [0, 0.1) is 27.7 Å². The van der Waals surface area contributed by atoms with E-state index in [9.17, 15) is 0 Å². The van der Waals surface area contributed by atoms with E-state index in [4.69, 9.17) is 9.98 Å². The van der Waals surface area contributed by atoms with Gasteiger partial charge in [-0.2, -0.15) is 0 Å². The molecular formula is C26H25N3. The maximum atomic E-state index is 4.97. The molecule has 0 saturated carbocycles. The van der Waals surface area contributed by atoms with Gasteiger partial charge in [0.15, 0.2) is 5.84 Å². The van der Waals surface area contributed by atoms with Crippen LogP contribution in [0.2, 0.25) is 0 Å². The van der Waals surface area contributed by atoms with Gasteiger partial charge in [0.2, 0.25) is 0 Å². The van der Waals surface area contributed by atoms with Crippen LogP contribution in [-0.2, 0) is 0 Å². The zero-order valence-electron chi connectivity index (χ0n) is 17.3. The first-order chi connectivity index (χ1) is 14.0. The van der Waals surface area contributed by atoms with E-state index in [0.29, 0.717) is 5.84 Å². The van der Waals surface area contributed by atoms with Crippen LogP contribution in [0.5, 0.6) is 0 Å². The molecular weight excluding hydrogens is 354 g/mol. The normalized spacial score (nSPS) is 14.7. The molecule has 3 aromatic rings. The molecule has 0 unspecified atom stereocenters. The van der Waals surface area contributed by atoms with Gasteiger partial charge < -0.3 is 5.32 Å². The number of hydrogen-bond acceptors (Lipinski definition) is 2. The standard InChI is InChI=1S/C26H25N3/c1-17-10-8-11-18(2)24(17)27-23-16-22(21-14-6-5-7-15-21)28-26(23)29-25-19(3)12-9-13-20(25)4/h5-16H,1-4H3,(H,27,28,29). The summed E-state index contributed by atoms with van der Waals surface area (Å²) in [5.74, 6) is 0.712. The highest BCUT2D eigenvalue weighted by Gasteiger charge is 2.19. The quantitative estimate of drug-likeness (QED) is 0.556. The van der Waals surface area contributed by atoms with Crippen molar-refractivity contribution in [2.24, 2.45) is 9.98 Å². The molecule has 3 nitrogen and oxygen atoms in total. The van der Waals surface area contributed by atoms with Gasteiger partial charge in [-0.1, -0.05) is 66.7 Å². The number of aryl methyl sites for hydroxylation is 4. The fourth-order valence-corrected chi connectivity index (χ4v) is 3.58. The van der Waals surface area contributed by atoms with Crippen molar-refractivity contribution in [1.82, 2.24) is 0 Å². The van der Waals surface area contributed by atoms with Gasteiger partial charge in [-0.3, -0.25) is 0 Å². The molecule has 0 fully saturated rings. The third-order valence-corrected chi connectivity index (χ3v) is 5.22. The van der Waals surface area contributed by atoms with Crippen molar-refractivity contribution in [3.63, 3.8) is 0 Å². The molecule has 0 bridgehead atoms. The maximum Gasteiger partial charge on any atom is 0.177 e. The van der Waals surface area contributed by atoms with Gasteiger partial charge >= 0.3 is 0 Å². The zero-order chi connectivity index (χ0) is 20.4. The number of allylic oxidation sites excluding steroid dienone is 1. The van der Waals surface area contributed by atoms with Gasteiger partial charge in [-0.25, -0.2) is 9.98 Å². The predicted molar refractivity (Wildman–Crippen MR) is 124 cm³/mol. The Morgan fingerprint density at radius 3 is 1.90 bits per heavy atom. The second-order valence-corrected chi connectivity index (χ2v) is 7.49. The SMILES string of the molecule is Cc1cccc(C)c1N=C1N=C(c2ccccc2)C=C1Nc1c(C)cccc1C. The number of rotatable bonds is 4. The number of amidine groups is 1. The second kappa shape index (κ2) is 7.88. The van der Waals surface area contributed by atoms with Crippen LogP contribution in [0.15, 0.2) is 88.5 Å². The van der Waals surface area contributed by atoms with Crippen LogP contribution >= 0.6 is 0 Å². The van der Waals surface area contributed by atoms with Gasteiger partial charge in [0.1, 0.15) is 0 Å². The number of para-hydroxylation sites is 2. The van der Waals surface area contributed by atoms with Crippen molar-refractivity contribution in [3.05, 3.63) is 106 Å². The van der Waals surface area contributed by atoms with Gasteiger partial charge in [0, 0.05) is 11.3 Å². The first-order valence-corrected chi connectivity index (χ1v) is 9.87. The van der Waals surface area contributed by atoms with Crippen molar-refractivity contribution in [2.45, 2.75) is 27.7 Å². The Bertz CT molecular complexity index is 1110. The van der Waals surface area contributed by atoms with E-state index in [2.05, 4.69) is 87.6 Å². The number of anilines is 1. The fraction of sp³-hybridized carbons (Fsp3) is 0.154. The van der Waals surface area contributed by atoms with Crippen molar-refractivity contribution >= 4 is 22.9 Å². The molecule has 1 N–H and O–H groups in total. The third kappa shape index (κ3) is 3.90. The minimum atomic E-state index is 0.712. The monoisotopic (exact) mass is 379 g/mol. The first kappa shape index (κ1) is 18.9. The van der Waals surface area contributed by atoms with Crippen LogP contribution in [0.25, 0.3) is 0 Å². The van der Waals surface area contributed by atoms with Crippen molar-refractivity contribution in [1.29, 1.82) is 0 Å². The highest BCUT2D eigenvalue weighted by atomic mass is 15.0. The molecule has 0 amide bonds. The minimum absolute atomic E-state index is 0.712. The predicted octanol–water partition coefficient (Wildman–Crippen LogP) is 6.45. The maximum absolute atomic E-state index is 4.97. The molecule has 0 atom stereocenters. The Kier molecular flexibility index (Phi) is 5.13. The van der Waals surface area contributed by atoms with Crippen LogP contribution < -0.4 is 5.32 Å². The number of hydrogen-bond donors (Lipinski definition) is 1. The van der Waals surface area contributed by atoms with E-state index >= 15 is 0 Å². The Labute approximate surface area is 172 Å². The zero-order valence-corrected chi connectivity index (χ0v) is 17.3. The first-order valence-electron chi connectivity index (χ1n) is 9.87. The summed E-state index contributed by atoms with van der Waals surface area (Å²) in [7, 11) is 0. The summed E-state index contributed by atoms with van der Waals surface area (Å²) in [5.41, 5.74) is 9.70. The lowest BCUT2D eigenvalue weighted by Crippen LogP contribution is -2.09. The number of nitrogens with zero attached hydrogens (tertiary/aromatic N) is 2. The van der Waals surface area contributed by atoms with Crippen LogP contribution in [0.3, 0.4) is 0 Å². The lowest BCUT2D eigenvalue weighted by atomic mass is 10.1.